The Morgan fingerprint density at radius 3 is 2.82 bits per heavy atom. The van der Waals surface area contributed by atoms with E-state index in [0.717, 1.165) is 0 Å². The molecular weight excluding hydrogens is 146 g/mol. The van der Waals surface area contributed by atoms with Gasteiger partial charge in [-0.15, -0.1) is 15.3 Å². The molecule has 11 heavy (non-hydrogen) atoms. The van der Waals surface area contributed by atoms with Crippen LogP contribution < -0.4 is 0 Å². The lowest BCUT2D eigenvalue weighted by Crippen LogP contribution is -1.88. The largest absolute Gasteiger partial charge is 0.345 e. The van der Waals surface area contributed by atoms with Gasteiger partial charge in [0, 0.05) is 5.27 Å². The van der Waals surface area contributed by atoms with Gasteiger partial charge in [0.2, 0.25) is 0 Å². The van der Waals surface area contributed by atoms with Crippen LogP contribution in [0.3, 0.4) is 0 Å². The van der Waals surface area contributed by atoms with Crippen LogP contribution in [0.5, 0.6) is 0 Å². The number of aromatic nitrogens is 5. The highest BCUT2D eigenvalue weighted by Gasteiger charge is 2.01. The van der Waals surface area contributed by atoms with Crippen LogP contribution in [0.2, 0.25) is 0 Å². The van der Waals surface area contributed by atoms with Crippen molar-refractivity contribution in [3.63, 3.8) is 0 Å². The van der Waals surface area contributed by atoms with Crippen molar-refractivity contribution in [3.8, 4) is 11.4 Å². The number of rotatable bonds is 1. The Bertz CT molecular complexity index is 318. The minimum atomic E-state index is 0.555. The Labute approximate surface area is 61.2 Å². The lowest BCUT2D eigenvalue weighted by atomic mass is 10.3. The molecule has 0 aliphatic rings. The topological polar surface area (TPSA) is 77.6 Å². The fourth-order valence-electron chi connectivity index (χ4n) is 0.654. The van der Waals surface area contributed by atoms with Crippen molar-refractivity contribution in [3.05, 3.63) is 18.5 Å². The molecule has 6 heteroatoms. The average Bonchev–Trinajstić information content (AvgIpc) is 2.58. The first-order valence-electron chi connectivity index (χ1n) is 2.88. The Morgan fingerprint density at radius 2 is 2.18 bits per heavy atom. The molecule has 2 aromatic heterocycles. The van der Waals surface area contributed by atoms with Gasteiger partial charge in [0.15, 0.2) is 12.0 Å². The van der Waals surface area contributed by atoms with Crippen LogP contribution in [-0.2, 0) is 0 Å². The summed E-state index contributed by atoms with van der Waals surface area (Å²) in [5, 5.41) is 17.6. The van der Waals surface area contributed by atoms with Crippen LogP contribution in [0.15, 0.2) is 23.0 Å². The van der Waals surface area contributed by atoms with E-state index in [1.54, 1.807) is 6.07 Å². The van der Waals surface area contributed by atoms with Crippen LogP contribution >= 0.6 is 0 Å². The highest BCUT2D eigenvalue weighted by molar-refractivity contribution is 5.49. The molecule has 0 saturated heterocycles. The molecule has 0 spiro atoms. The molecule has 0 radical (unpaired) electrons. The summed E-state index contributed by atoms with van der Waals surface area (Å²) in [4.78, 5) is 0. The summed E-state index contributed by atoms with van der Waals surface area (Å²) in [7, 11) is 0. The van der Waals surface area contributed by atoms with Crippen LogP contribution in [0.25, 0.3) is 11.4 Å². The van der Waals surface area contributed by atoms with Gasteiger partial charge in [-0.05, 0) is 11.3 Å². The smallest absolute Gasteiger partial charge is 0.154 e. The molecule has 0 bridgehead atoms. The van der Waals surface area contributed by atoms with Crippen molar-refractivity contribution in [2.24, 2.45) is 0 Å². The quantitative estimate of drug-likeness (QED) is 0.564. The van der Waals surface area contributed by atoms with E-state index >= 15 is 0 Å². The molecule has 0 atom stereocenters. The van der Waals surface area contributed by atoms with Crippen molar-refractivity contribution < 1.29 is 4.52 Å². The Morgan fingerprint density at radius 1 is 1.18 bits per heavy atom. The Kier molecular flexibility index (Phi) is 1.29. The molecule has 0 fully saturated rings. The predicted octanol–water partition coefficient (Wildman–Crippen LogP) is -0.0784. The monoisotopic (exact) mass is 149 g/mol. The van der Waals surface area contributed by atoms with E-state index in [1.165, 1.54) is 12.5 Å². The standard InChI is InChI=1S/C5H3N5O/c1-2-6-9-7-4(1)5-3-11-10-8-5/h1-3H. The average molecular weight is 149 g/mol. The zero-order valence-electron chi connectivity index (χ0n) is 5.38. The second-order valence-corrected chi connectivity index (χ2v) is 1.80. The molecule has 54 valence electrons. The second-order valence-electron chi connectivity index (χ2n) is 1.80. The van der Waals surface area contributed by atoms with E-state index < -0.39 is 0 Å². The highest BCUT2D eigenvalue weighted by Crippen LogP contribution is 2.08. The van der Waals surface area contributed by atoms with Gasteiger partial charge in [0.05, 0.1) is 6.20 Å². The second kappa shape index (κ2) is 2.41. The van der Waals surface area contributed by atoms with Crippen molar-refractivity contribution >= 4 is 0 Å². The Hall–Kier alpha value is -1.85. The molecule has 6 nitrogen and oxygen atoms in total. The molecule has 0 unspecified atom stereocenters. The first kappa shape index (κ1) is 5.90. The highest BCUT2D eigenvalue weighted by atomic mass is 16.5. The third-order valence-corrected chi connectivity index (χ3v) is 1.13. The van der Waals surface area contributed by atoms with Gasteiger partial charge in [-0.2, -0.15) is 0 Å². The van der Waals surface area contributed by atoms with Gasteiger partial charge in [-0.3, -0.25) is 0 Å². The van der Waals surface area contributed by atoms with Crippen molar-refractivity contribution in [2.45, 2.75) is 0 Å². The van der Waals surface area contributed by atoms with Gasteiger partial charge >= 0.3 is 0 Å². The van der Waals surface area contributed by atoms with E-state index in [-0.39, 0.29) is 0 Å². The van der Waals surface area contributed by atoms with Crippen molar-refractivity contribution in [1.82, 2.24) is 25.8 Å². The summed E-state index contributed by atoms with van der Waals surface area (Å²) in [5.41, 5.74) is 1.15. The maximum absolute atomic E-state index is 4.52. The van der Waals surface area contributed by atoms with Gasteiger partial charge in [-0.25, -0.2) is 0 Å². The van der Waals surface area contributed by atoms with E-state index in [1.807, 2.05) is 0 Å². The van der Waals surface area contributed by atoms with Crippen molar-refractivity contribution in [1.29, 1.82) is 0 Å². The molecule has 0 aliphatic heterocycles. The number of hydrogen-bond acceptors (Lipinski definition) is 6. The third kappa shape index (κ3) is 1.05. The minimum Gasteiger partial charge on any atom is -0.345 e. The molecule has 2 rings (SSSR count). The summed E-state index contributed by atoms with van der Waals surface area (Å²) in [5.74, 6) is 0. The molecule has 0 aromatic carbocycles. The number of nitrogens with zero attached hydrogens (tertiary/aromatic N) is 5. The molecule has 0 N–H and O–H groups in total. The SMILES string of the molecule is c1cc(-c2conn2)nnn1. The normalized spacial score (nSPS) is 9.82. The lowest BCUT2D eigenvalue weighted by molar-refractivity contribution is 0.393. The third-order valence-electron chi connectivity index (χ3n) is 1.13. The number of hydrogen-bond donors (Lipinski definition) is 0. The molecular formula is C5H3N5O. The first-order valence-corrected chi connectivity index (χ1v) is 2.88. The van der Waals surface area contributed by atoms with E-state index in [2.05, 4.69) is 30.3 Å². The molecule has 0 amide bonds. The fourth-order valence-corrected chi connectivity index (χ4v) is 0.654. The van der Waals surface area contributed by atoms with Crippen LogP contribution in [0, 0.1) is 0 Å². The van der Waals surface area contributed by atoms with Crippen LogP contribution in [-0.4, -0.2) is 25.8 Å². The first-order chi connectivity index (χ1) is 5.47. The Balaban J connectivity index is 2.46. The summed E-state index contributed by atoms with van der Waals surface area (Å²) in [6.45, 7) is 0. The van der Waals surface area contributed by atoms with Crippen molar-refractivity contribution in [2.75, 3.05) is 0 Å². The fraction of sp³-hybridized carbons (Fsp3) is 0. The molecule has 0 aliphatic carbocycles. The van der Waals surface area contributed by atoms with E-state index in [0.29, 0.717) is 11.4 Å². The lowest BCUT2D eigenvalue weighted by Gasteiger charge is -1.86. The van der Waals surface area contributed by atoms with Gasteiger partial charge < -0.3 is 4.52 Å². The summed E-state index contributed by atoms with van der Waals surface area (Å²) >= 11 is 0. The minimum absolute atomic E-state index is 0.555. The van der Waals surface area contributed by atoms with Gasteiger partial charge in [0.1, 0.15) is 5.69 Å². The molecule has 2 heterocycles. The maximum Gasteiger partial charge on any atom is 0.154 e. The van der Waals surface area contributed by atoms with Crippen LogP contribution in [0.1, 0.15) is 0 Å². The maximum atomic E-state index is 4.52. The molecule has 2 aromatic rings. The van der Waals surface area contributed by atoms with Crippen LogP contribution in [0.4, 0.5) is 0 Å². The zero-order chi connectivity index (χ0) is 7.52. The van der Waals surface area contributed by atoms with E-state index in [9.17, 15) is 0 Å². The summed E-state index contributed by atoms with van der Waals surface area (Å²) in [6, 6.07) is 1.67. The summed E-state index contributed by atoms with van der Waals surface area (Å²) < 4.78 is 4.52. The van der Waals surface area contributed by atoms with Gasteiger partial charge in [-0.1, -0.05) is 0 Å². The van der Waals surface area contributed by atoms with Gasteiger partial charge in [0.25, 0.3) is 0 Å². The molecule has 0 saturated carbocycles. The summed E-state index contributed by atoms with van der Waals surface area (Å²) in [6.07, 6.45) is 2.92. The zero-order valence-corrected chi connectivity index (χ0v) is 5.38. The van der Waals surface area contributed by atoms with E-state index in [4.69, 9.17) is 0 Å². The predicted molar refractivity (Wildman–Crippen MR) is 33.1 cm³/mol.